The van der Waals surface area contributed by atoms with Crippen molar-refractivity contribution in [2.45, 2.75) is 38.6 Å². The van der Waals surface area contributed by atoms with Crippen molar-refractivity contribution in [2.24, 2.45) is 7.05 Å². The highest BCUT2D eigenvalue weighted by Gasteiger charge is 2.19. The van der Waals surface area contributed by atoms with E-state index in [1.807, 2.05) is 44.3 Å². The molecular weight excluding hydrogens is 340 g/mol. The number of aromatic nitrogens is 2. The van der Waals surface area contributed by atoms with Crippen LogP contribution >= 0.6 is 12.4 Å². The minimum absolute atomic E-state index is 0. The maximum atomic E-state index is 12.7. The zero-order chi connectivity index (χ0) is 17.1. The largest absolute Gasteiger partial charge is 0.320 e. The van der Waals surface area contributed by atoms with Crippen molar-refractivity contribution in [3.05, 3.63) is 46.4 Å². The van der Waals surface area contributed by atoms with Gasteiger partial charge in [-0.15, -0.1) is 12.4 Å². The summed E-state index contributed by atoms with van der Waals surface area (Å²) in [6, 6.07) is 9.85. The first kappa shape index (κ1) is 19.3. The molecule has 1 unspecified atom stereocenters. The number of rotatable bonds is 5. The summed E-state index contributed by atoms with van der Waals surface area (Å²) in [5.74, 6) is -0.102. The van der Waals surface area contributed by atoms with E-state index in [0.717, 1.165) is 30.8 Å². The Labute approximate surface area is 153 Å². The minimum atomic E-state index is -0.200. The lowest BCUT2D eigenvalue weighted by Crippen LogP contribution is -2.25. The van der Waals surface area contributed by atoms with Gasteiger partial charge in [0.05, 0.1) is 11.4 Å². The van der Waals surface area contributed by atoms with E-state index in [1.54, 1.807) is 9.36 Å². The molecule has 25 heavy (non-hydrogen) atoms. The topological polar surface area (TPSA) is 68.1 Å². The number of benzene rings is 1. The Morgan fingerprint density at radius 1 is 1.32 bits per heavy atom. The van der Waals surface area contributed by atoms with E-state index in [9.17, 15) is 9.59 Å². The van der Waals surface area contributed by atoms with Crippen LogP contribution in [-0.2, 0) is 11.8 Å². The van der Waals surface area contributed by atoms with Crippen molar-refractivity contribution in [1.82, 2.24) is 14.7 Å². The van der Waals surface area contributed by atoms with Crippen LogP contribution in [0.1, 0.15) is 31.4 Å². The molecule has 1 aromatic carbocycles. The normalized spacial score (nSPS) is 16.5. The predicted octanol–water partition coefficient (Wildman–Crippen LogP) is 2.38. The SMILES string of the molecule is Cc1c(NC(=O)CCC2CCCN2)c(=O)n(-c2ccccc2)n1C.Cl. The number of carbonyl (C=O) groups is 1. The molecule has 7 heteroatoms. The van der Waals surface area contributed by atoms with Gasteiger partial charge in [0.15, 0.2) is 0 Å². The highest BCUT2D eigenvalue weighted by Crippen LogP contribution is 2.15. The fourth-order valence-corrected chi connectivity index (χ4v) is 3.22. The van der Waals surface area contributed by atoms with Gasteiger partial charge in [-0.05, 0) is 44.9 Å². The summed E-state index contributed by atoms with van der Waals surface area (Å²) in [6.07, 6.45) is 3.53. The molecule has 1 aliphatic heterocycles. The monoisotopic (exact) mass is 364 g/mol. The Hall–Kier alpha value is -2.05. The Morgan fingerprint density at radius 2 is 2.04 bits per heavy atom. The van der Waals surface area contributed by atoms with Gasteiger partial charge in [-0.3, -0.25) is 14.3 Å². The first-order valence-electron chi connectivity index (χ1n) is 8.45. The highest BCUT2D eigenvalue weighted by atomic mass is 35.5. The number of carbonyl (C=O) groups excluding carboxylic acids is 1. The summed E-state index contributed by atoms with van der Waals surface area (Å²) < 4.78 is 3.34. The van der Waals surface area contributed by atoms with Gasteiger partial charge in [0.2, 0.25) is 5.91 Å². The van der Waals surface area contributed by atoms with Crippen LogP contribution in [0.3, 0.4) is 0 Å². The van der Waals surface area contributed by atoms with Gasteiger partial charge >= 0.3 is 0 Å². The number of halogens is 1. The molecular formula is C18H25ClN4O2. The number of nitrogens with one attached hydrogen (secondary N) is 2. The van der Waals surface area contributed by atoms with E-state index in [2.05, 4.69) is 10.6 Å². The molecule has 1 aliphatic rings. The van der Waals surface area contributed by atoms with Gasteiger partial charge in [-0.2, -0.15) is 0 Å². The molecule has 1 aromatic heterocycles. The smallest absolute Gasteiger partial charge is 0.295 e. The van der Waals surface area contributed by atoms with E-state index in [1.165, 1.54) is 6.42 Å². The van der Waals surface area contributed by atoms with Crippen molar-refractivity contribution < 1.29 is 4.79 Å². The fourth-order valence-electron chi connectivity index (χ4n) is 3.22. The summed E-state index contributed by atoms with van der Waals surface area (Å²) in [5, 5.41) is 6.20. The number of amides is 1. The maximum absolute atomic E-state index is 12.7. The lowest BCUT2D eigenvalue weighted by Gasteiger charge is -2.09. The van der Waals surface area contributed by atoms with E-state index in [-0.39, 0.29) is 23.9 Å². The van der Waals surface area contributed by atoms with Crippen LogP contribution in [-0.4, -0.2) is 27.9 Å². The quantitative estimate of drug-likeness (QED) is 0.855. The first-order chi connectivity index (χ1) is 11.6. The molecule has 2 N–H and O–H groups in total. The third kappa shape index (κ3) is 4.14. The average Bonchev–Trinajstić information content (AvgIpc) is 3.17. The second-order valence-electron chi connectivity index (χ2n) is 6.32. The fraction of sp³-hybridized carbons (Fsp3) is 0.444. The van der Waals surface area contributed by atoms with E-state index in [0.29, 0.717) is 18.2 Å². The highest BCUT2D eigenvalue weighted by molar-refractivity contribution is 5.91. The van der Waals surface area contributed by atoms with Crippen LogP contribution < -0.4 is 16.2 Å². The molecule has 0 radical (unpaired) electrons. The van der Waals surface area contributed by atoms with Crippen molar-refractivity contribution in [1.29, 1.82) is 0 Å². The number of hydrogen-bond acceptors (Lipinski definition) is 3. The number of hydrogen-bond donors (Lipinski definition) is 2. The molecule has 1 atom stereocenters. The van der Waals surface area contributed by atoms with E-state index in [4.69, 9.17) is 0 Å². The van der Waals surface area contributed by atoms with Crippen molar-refractivity contribution >= 4 is 24.0 Å². The minimum Gasteiger partial charge on any atom is -0.320 e. The summed E-state index contributed by atoms with van der Waals surface area (Å²) in [7, 11) is 1.82. The second kappa shape index (κ2) is 8.36. The summed E-state index contributed by atoms with van der Waals surface area (Å²) in [4.78, 5) is 25.0. The third-order valence-corrected chi connectivity index (χ3v) is 4.70. The van der Waals surface area contributed by atoms with Crippen LogP contribution in [0.15, 0.2) is 35.1 Å². The number of nitrogens with zero attached hydrogens (tertiary/aromatic N) is 2. The Balaban J connectivity index is 0.00000225. The van der Waals surface area contributed by atoms with Crippen molar-refractivity contribution in [3.8, 4) is 5.69 Å². The Bertz CT molecular complexity index is 776. The van der Waals surface area contributed by atoms with Gasteiger partial charge in [0, 0.05) is 19.5 Å². The molecule has 0 saturated carbocycles. The maximum Gasteiger partial charge on any atom is 0.295 e. The molecule has 0 aliphatic carbocycles. The van der Waals surface area contributed by atoms with Gasteiger partial charge < -0.3 is 10.6 Å². The van der Waals surface area contributed by atoms with Gasteiger partial charge in [0.1, 0.15) is 5.69 Å². The third-order valence-electron chi connectivity index (χ3n) is 4.70. The molecule has 1 fully saturated rings. The second-order valence-corrected chi connectivity index (χ2v) is 6.32. The summed E-state index contributed by atoms with van der Waals surface area (Å²) in [6.45, 7) is 2.88. The molecule has 0 spiro atoms. The van der Waals surface area contributed by atoms with Crippen molar-refractivity contribution in [3.63, 3.8) is 0 Å². The van der Waals surface area contributed by atoms with E-state index >= 15 is 0 Å². The molecule has 2 aromatic rings. The standard InChI is InChI=1S/C18H24N4O2.ClH/c1-13-17(20-16(23)11-10-14-7-6-12-19-14)18(24)22(21(13)2)15-8-4-3-5-9-15;/h3-5,8-9,14,19H,6-7,10-12H2,1-2H3,(H,20,23);1H. The molecule has 1 amide bonds. The van der Waals surface area contributed by atoms with Crippen LogP contribution in [0, 0.1) is 6.92 Å². The molecule has 6 nitrogen and oxygen atoms in total. The van der Waals surface area contributed by atoms with Crippen LogP contribution in [0.5, 0.6) is 0 Å². The average molecular weight is 365 g/mol. The molecule has 3 rings (SSSR count). The van der Waals surface area contributed by atoms with Crippen LogP contribution in [0.2, 0.25) is 0 Å². The molecule has 1 saturated heterocycles. The lowest BCUT2D eigenvalue weighted by molar-refractivity contribution is -0.116. The molecule has 136 valence electrons. The number of anilines is 1. The van der Waals surface area contributed by atoms with E-state index < -0.39 is 0 Å². The summed E-state index contributed by atoms with van der Waals surface area (Å²) >= 11 is 0. The van der Waals surface area contributed by atoms with Gasteiger partial charge in [-0.25, -0.2) is 4.68 Å². The van der Waals surface area contributed by atoms with Crippen LogP contribution in [0.25, 0.3) is 5.69 Å². The first-order valence-corrected chi connectivity index (χ1v) is 8.45. The lowest BCUT2D eigenvalue weighted by atomic mass is 10.1. The Morgan fingerprint density at radius 3 is 2.68 bits per heavy atom. The van der Waals surface area contributed by atoms with Crippen molar-refractivity contribution in [2.75, 3.05) is 11.9 Å². The zero-order valence-corrected chi connectivity index (χ0v) is 15.4. The molecule has 0 bridgehead atoms. The molecule has 2 heterocycles. The number of para-hydroxylation sites is 1. The predicted molar refractivity (Wildman–Crippen MR) is 102 cm³/mol. The van der Waals surface area contributed by atoms with Gasteiger partial charge in [0.25, 0.3) is 5.56 Å². The van der Waals surface area contributed by atoms with Crippen LogP contribution in [0.4, 0.5) is 5.69 Å². The summed E-state index contributed by atoms with van der Waals surface area (Å²) in [5.41, 5.74) is 1.69. The zero-order valence-electron chi connectivity index (χ0n) is 14.6. The Kier molecular flexibility index (Phi) is 6.45. The van der Waals surface area contributed by atoms with Gasteiger partial charge in [-0.1, -0.05) is 18.2 Å².